The molecule has 2 nitrogen and oxygen atoms in total. The number of hydrogen-bond acceptors (Lipinski definition) is 0. The van der Waals surface area contributed by atoms with Crippen LogP contribution < -0.4 is 10.2 Å². The third-order valence-electron chi connectivity index (χ3n) is 4.16. The smallest absolute Gasteiger partial charge is 0.163 e. The average molecular weight is 248 g/mol. The van der Waals surface area contributed by atoms with Crippen LogP contribution in [-0.4, -0.2) is 19.6 Å². The van der Waals surface area contributed by atoms with Crippen molar-refractivity contribution in [1.82, 2.24) is 0 Å². The van der Waals surface area contributed by atoms with Gasteiger partial charge in [-0.3, -0.25) is 0 Å². The number of nitrogens with one attached hydrogen (secondary N) is 1. The maximum absolute atomic E-state index is 2.48. The van der Waals surface area contributed by atoms with Gasteiger partial charge in [0.2, 0.25) is 0 Å². The van der Waals surface area contributed by atoms with Gasteiger partial charge in [-0.05, 0) is 25.3 Å². The summed E-state index contributed by atoms with van der Waals surface area (Å²) in [5.74, 6) is 0. The Balaban J connectivity index is 2.29. The van der Waals surface area contributed by atoms with Crippen LogP contribution in [0, 0.1) is 6.92 Å². The first-order valence-electron chi connectivity index (χ1n) is 7.52. The zero-order chi connectivity index (χ0) is 13.0. The van der Waals surface area contributed by atoms with Crippen LogP contribution in [0.5, 0.6) is 0 Å². The molecule has 0 unspecified atom stereocenters. The number of fused-ring (bicyclic) bond motifs is 1. The fraction of sp³-hybridized carbons (Fsp3) is 0.625. The first kappa shape index (κ1) is 13.6. The van der Waals surface area contributed by atoms with Crippen LogP contribution in [-0.2, 0) is 6.54 Å². The van der Waals surface area contributed by atoms with Gasteiger partial charge >= 0.3 is 0 Å². The van der Waals surface area contributed by atoms with E-state index in [-0.39, 0.29) is 0 Å². The quantitative estimate of drug-likeness (QED) is 0.770. The first-order valence-corrected chi connectivity index (χ1v) is 7.52. The average Bonchev–Trinajstić information content (AvgIpc) is 2.38. The molecule has 0 aromatic heterocycles. The van der Waals surface area contributed by atoms with Gasteiger partial charge in [0.05, 0.1) is 13.1 Å². The Morgan fingerprint density at radius 3 is 2.61 bits per heavy atom. The molecule has 1 heterocycles. The minimum atomic E-state index is 0.704. The molecular formula is C16H28N2+2. The molecule has 1 aliphatic rings. The van der Waals surface area contributed by atoms with Crippen molar-refractivity contribution < 1.29 is 10.2 Å². The third-order valence-corrected chi connectivity index (χ3v) is 4.16. The van der Waals surface area contributed by atoms with Crippen LogP contribution in [0.3, 0.4) is 0 Å². The van der Waals surface area contributed by atoms with E-state index in [1.165, 1.54) is 44.6 Å². The van der Waals surface area contributed by atoms with Gasteiger partial charge in [0.1, 0.15) is 13.1 Å². The van der Waals surface area contributed by atoms with E-state index in [0.29, 0.717) is 6.04 Å². The van der Waals surface area contributed by atoms with Crippen LogP contribution in [0.4, 0.5) is 0 Å². The van der Waals surface area contributed by atoms with E-state index in [4.69, 9.17) is 0 Å². The molecule has 1 aromatic carbocycles. The van der Waals surface area contributed by atoms with Crippen molar-refractivity contribution in [3.63, 3.8) is 0 Å². The van der Waals surface area contributed by atoms with Crippen LogP contribution in [0.25, 0.3) is 0 Å². The molecule has 0 saturated heterocycles. The summed E-state index contributed by atoms with van der Waals surface area (Å²) in [5, 5.41) is 2.48. The molecule has 100 valence electrons. The number of quaternary nitrogens is 2. The minimum absolute atomic E-state index is 0.704. The lowest BCUT2D eigenvalue weighted by Crippen LogP contribution is -3.15. The largest absolute Gasteiger partial charge is 0.337 e. The molecule has 0 bridgehead atoms. The van der Waals surface area contributed by atoms with Crippen LogP contribution in [0.1, 0.15) is 49.4 Å². The van der Waals surface area contributed by atoms with E-state index in [1.54, 1.807) is 16.0 Å². The van der Waals surface area contributed by atoms with Gasteiger partial charge in [0.15, 0.2) is 6.04 Å². The van der Waals surface area contributed by atoms with Crippen molar-refractivity contribution in [2.75, 3.05) is 19.6 Å². The molecule has 0 saturated carbocycles. The summed E-state index contributed by atoms with van der Waals surface area (Å²) in [5.41, 5.74) is 4.71. The molecule has 3 N–H and O–H groups in total. The van der Waals surface area contributed by atoms with Gasteiger partial charge < -0.3 is 10.2 Å². The van der Waals surface area contributed by atoms with Crippen molar-refractivity contribution in [3.8, 4) is 0 Å². The highest BCUT2D eigenvalue weighted by Gasteiger charge is 2.31. The lowest BCUT2D eigenvalue weighted by molar-refractivity contribution is -0.948. The highest BCUT2D eigenvalue weighted by Crippen LogP contribution is 2.21. The summed E-state index contributed by atoms with van der Waals surface area (Å²) < 4.78 is 0. The van der Waals surface area contributed by atoms with Crippen LogP contribution in [0.15, 0.2) is 18.2 Å². The van der Waals surface area contributed by atoms with Gasteiger partial charge in [-0.2, -0.15) is 0 Å². The summed E-state index contributed by atoms with van der Waals surface area (Å²) in [7, 11) is 0. The standard InChI is InChI=1S/C16H26N2/c1-4-9-18(10-5-2)15-12-17-11-14-8-6-7-13(3)16(14)15/h6-8,15,17H,4-5,9-12H2,1-3H3/p+2/t15-/m0/s1. The summed E-state index contributed by atoms with van der Waals surface area (Å²) in [6, 6.07) is 7.52. The predicted molar refractivity (Wildman–Crippen MR) is 75.7 cm³/mol. The fourth-order valence-corrected chi connectivity index (χ4v) is 3.43. The number of nitrogens with two attached hydrogens (primary N) is 1. The van der Waals surface area contributed by atoms with Crippen molar-refractivity contribution in [2.45, 2.75) is 46.2 Å². The highest BCUT2D eigenvalue weighted by molar-refractivity contribution is 5.36. The molecule has 0 amide bonds. The van der Waals surface area contributed by atoms with E-state index in [9.17, 15) is 0 Å². The Hall–Kier alpha value is -0.860. The number of rotatable bonds is 5. The normalized spacial score (nSPS) is 19.0. The number of benzene rings is 1. The molecule has 0 fully saturated rings. The van der Waals surface area contributed by atoms with E-state index in [1.807, 2.05) is 0 Å². The van der Waals surface area contributed by atoms with E-state index < -0.39 is 0 Å². The van der Waals surface area contributed by atoms with Crippen LogP contribution >= 0.6 is 0 Å². The van der Waals surface area contributed by atoms with Crippen molar-refractivity contribution in [1.29, 1.82) is 0 Å². The molecule has 1 aromatic rings. The SMILES string of the molecule is CCC[NH+](CCC)[C@H]1C[NH2+]Cc2cccc(C)c21. The number of aryl methyl sites for hydroxylation is 1. The molecule has 1 aliphatic heterocycles. The summed E-state index contributed by atoms with van der Waals surface area (Å²) in [6.45, 7) is 11.9. The molecular weight excluding hydrogens is 220 g/mol. The zero-order valence-electron chi connectivity index (χ0n) is 12.1. The molecule has 2 heteroatoms. The first-order chi connectivity index (χ1) is 8.77. The lowest BCUT2D eigenvalue weighted by Gasteiger charge is -2.32. The monoisotopic (exact) mass is 248 g/mol. The Morgan fingerprint density at radius 1 is 1.22 bits per heavy atom. The summed E-state index contributed by atoms with van der Waals surface area (Å²) in [4.78, 5) is 1.78. The Morgan fingerprint density at radius 2 is 1.94 bits per heavy atom. The van der Waals surface area contributed by atoms with E-state index in [2.05, 4.69) is 44.3 Å². The highest BCUT2D eigenvalue weighted by atomic mass is 15.2. The predicted octanol–water partition coefficient (Wildman–Crippen LogP) is 0.818. The molecule has 18 heavy (non-hydrogen) atoms. The topological polar surface area (TPSA) is 21.1 Å². The molecule has 2 rings (SSSR count). The van der Waals surface area contributed by atoms with Gasteiger partial charge in [0, 0.05) is 11.1 Å². The fourth-order valence-electron chi connectivity index (χ4n) is 3.43. The molecule has 0 aliphatic carbocycles. The van der Waals surface area contributed by atoms with Gasteiger partial charge in [-0.25, -0.2) is 0 Å². The second kappa shape index (κ2) is 6.35. The van der Waals surface area contributed by atoms with Crippen LogP contribution in [0.2, 0.25) is 0 Å². The summed E-state index contributed by atoms with van der Waals surface area (Å²) in [6.07, 6.45) is 2.57. The molecule has 1 atom stereocenters. The van der Waals surface area contributed by atoms with Crippen molar-refractivity contribution in [3.05, 3.63) is 34.9 Å². The lowest BCUT2D eigenvalue weighted by atomic mass is 9.91. The van der Waals surface area contributed by atoms with Crippen molar-refractivity contribution >= 4 is 0 Å². The maximum Gasteiger partial charge on any atom is 0.163 e. The van der Waals surface area contributed by atoms with Gasteiger partial charge in [-0.15, -0.1) is 0 Å². The van der Waals surface area contributed by atoms with Crippen molar-refractivity contribution in [2.24, 2.45) is 0 Å². The second-order valence-corrected chi connectivity index (χ2v) is 5.59. The second-order valence-electron chi connectivity index (χ2n) is 5.59. The van der Waals surface area contributed by atoms with E-state index in [0.717, 1.165) is 0 Å². The Bertz CT molecular complexity index is 381. The van der Waals surface area contributed by atoms with Gasteiger partial charge in [-0.1, -0.05) is 32.0 Å². The molecule has 0 radical (unpaired) electrons. The minimum Gasteiger partial charge on any atom is -0.337 e. The Kier molecular flexibility index (Phi) is 4.79. The zero-order valence-corrected chi connectivity index (χ0v) is 12.1. The molecule has 0 spiro atoms. The number of hydrogen-bond donors (Lipinski definition) is 2. The van der Waals surface area contributed by atoms with Gasteiger partial charge in [0.25, 0.3) is 0 Å². The summed E-state index contributed by atoms with van der Waals surface area (Å²) >= 11 is 0. The maximum atomic E-state index is 2.48. The van der Waals surface area contributed by atoms with E-state index >= 15 is 0 Å². The Labute approximate surface area is 111 Å². The third kappa shape index (κ3) is 2.76.